The Hall–Kier alpha value is -2.72. The zero-order chi connectivity index (χ0) is 24.2. The molecule has 1 aliphatic rings. The van der Waals surface area contributed by atoms with Gasteiger partial charge < -0.3 is 15.0 Å². The summed E-state index contributed by atoms with van der Waals surface area (Å²) in [7, 11) is -3.77. The molecule has 9 nitrogen and oxygen atoms in total. The summed E-state index contributed by atoms with van der Waals surface area (Å²) in [6.45, 7) is 5.54. The predicted molar refractivity (Wildman–Crippen MR) is 125 cm³/mol. The number of sulfonamides is 1. The van der Waals surface area contributed by atoms with Gasteiger partial charge in [0.15, 0.2) is 6.10 Å². The molecule has 1 aromatic carbocycles. The molecule has 1 amide bonds. The van der Waals surface area contributed by atoms with Crippen molar-refractivity contribution in [3.8, 4) is 0 Å². The lowest BCUT2D eigenvalue weighted by Gasteiger charge is -2.24. The maximum atomic E-state index is 12.9. The second-order valence-electron chi connectivity index (χ2n) is 8.24. The van der Waals surface area contributed by atoms with Crippen molar-refractivity contribution >= 4 is 32.8 Å². The first-order valence-corrected chi connectivity index (χ1v) is 12.8. The first kappa shape index (κ1) is 24.9. The lowest BCUT2D eigenvalue weighted by Crippen LogP contribution is -2.42. The summed E-state index contributed by atoms with van der Waals surface area (Å²) in [5.74, 6) is -1.26. The van der Waals surface area contributed by atoms with Crippen LogP contribution in [0.15, 0.2) is 34.0 Å². The van der Waals surface area contributed by atoms with Crippen molar-refractivity contribution in [2.75, 3.05) is 13.1 Å². The smallest absolute Gasteiger partial charge is 0.339 e. The largest absolute Gasteiger partial charge is 0.449 e. The Labute approximate surface area is 193 Å². The number of fused-ring (bicyclic) bond motifs is 1. The van der Waals surface area contributed by atoms with E-state index in [0.717, 1.165) is 38.2 Å². The van der Waals surface area contributed by atoms with Crippen LogP contribution >= 0.6 is 0 Å². The molecule has 33 heavy (non-hydrogen) atoms. The van der Waals surface area contributed by atoms with E-state index in [1.54, 1.807) is 13.8 Å². The van der Waals surface area contributed by atoms with Crippen molar-refractivity contribution in [2.24, 2.45) is 0 Å². The number of H-pyrrole nitrogens is 1. The maximum absolute atomic E-state index is 12.9. The Morgan fingerprint density at radius 2 is 1.82 bits per heavy atom. The van der Waals surface area contributed by atoms with Gasteiger partial charge in [-0.05, 0) is 38.0 Å². The van der Waals surface area contributed by atoms with Crippen molar-refractivity contribution in [3.63, 3.8) is 0 Å². The predicted octanol–water partition coefficient (Wildman–Crippen LogP) is 2.55. The molecule has 1 heterocycles. The van der Waals surface area contributed by atoms with Crippen molar-refractivity contribution in [2.45, 2.75) is 69.9 Å². The summed E-state index contributed by atoms with van der Waals surface area (Å²) in [5.41, 5.74) is -0.331. The van der Waals surface area contributed by atoms with E-state index in [2.05, 4.69) is 10.3 Å². The topological polar surface area (TPSA) is 126 Å². The molecular formula is C23H31N3O6S. The monoisotopic (exact) mass is 477 g/mol. The number of carbonyl (C=O) groups is 2. The quantitative estimate of drug-likeness (QED) is 0.563. The standard InChI is InChI=1S/C23H31N3O6S/c1-4-26(5-2)33(30,31)17-11-12-20-18(13-17)19(14-21(27)25-20)23(29)32-15(3)22(28)24-16-9-7-6-8-10-16/h11-16H,4-10H2,1-3H3,(H,24,28)(H,25,27). The van der Waals surface area contributed by atoms with Crippen LogP contribution in [0.1, 0.15) is 63.2 Å². The van der Waals surface area contributed by atoms with E-state index in [4.69, 9.17) is 4.74 Å². The average molecular weight is 478 g/mol. The number of amides is 1. The molecule has 1 fully saturated rings. The molecule has 180 valence electrons. The van der Waals surface area contributed by atoms with Crippen molar-refractivity contribution < 1.29 is 22.7 Å². The van der Waals surface area contributed by atoms with Crippen LogP contribution < -0.4 is 10.9 Å². The van der Waals surface area contributed by atoms with E-state index in [1.165, 1.54) is 29.4 Å². The number of hydrogen-bond donors (Lipinski definition) is 2. The molecule has 0 aliphatic heterocycles. The number of esters is 1. The summed E-state index contributed by atoms with van der Waals surface area (Å²) < 4.78 is 32.5. The van der Waals surface area contributed by atoms with Gasteiger partial charge in [-0.2, -0.15) is 4.31 Å². The van der Waals surface area contributed by atoms with Crippen LogP contribution in [0.5, 0.6) is 0 Å². The van der Waals surface area contributed by atoms with Gasteiger partial charge in [0, 0.05) is 36.1 Å². The van der Waals surface area contributed by atoms with Gasteiger partial charge in [0.2, 0.25) is 15.6 Å². The lowest BCUT2D eigenvalue weighted by atomic mass is 9.95. The first-order valence-electron chi connectivity index (χ1n) is 11.4. The molecule has 0 saturated heterocycles. The zero-order valence-electron chi connectivity index (χ0n) is 19.2. The molecule has 2 N–H and O–H groups in total. The lowest BCUT2D eigenvalue weighted by molar-refractivity contribution is -0.130. The number of benzene rings is 1. The third-order valence-electron chi connectivity index (χ3n) is 5.98. The van der Waals surface area contributed by atoms with Crippen molar-refractivity contribution in [1.82, 2.24) is 14.6 Å². The number of carbonyl (C=O) groups excluding carboxylic acids is 2. The second-order valence-corrected chi connectivity index (χ2v) is 10.2. The highest BCUT2D eigenvalue weighted by atomic mass is 32.2. The Bertz CT molecular complexity index is 1180. The van der Waals surface area contributed by atoms with Crippen LogP contribution in [0.3, 0.4) is 0 Å². The fraction of sp³-hybridized carbons (Fsp3) is 0.522. The van der Waals surface area contributed by atoms with Gasteiger partial charge in [-0.25, -0.2) is 13.2 Å². The number of hydrogen-bond acceptors (Lipinski definition) is 6. The molecule has 10 heteroatoms. The summed E-state index contributed by atoms with van der Waals surface area (Å²) in [5, 5.41) is 3.14. The molecule has 3 rings (SSSR count). The van der Waals surface area contributed by atoms with E-state index < -0.39 is 33.6 Å². The highest BCUT2D eigenvalue weighted by Crippen LogP contribution is 2.24. The van der Waals surface area contributed by atoms with Crippen molar-refractivity contribution in [3.05, 3.63) is 40.2 Å². The first-order chi connectivity index (χ1) is 15.7. The number of pyridine rings is 1. The summed E-state index contributed by atoms with van der Waals surface area (Å²) in [6, 6.07) is 5.32. The van der Waals surface area contributed by atoms with Crippen LogP contribution in [0, 0.1) is 0 Å². The van der Waals surface area contributed by atoms with E-state index in [1.807, 2.05) is 0 Å². The Balaban J connectivity index is 1.88. The van der Waals surface area contributed by atoms with Gasteiger partial charge in [-0.1, -0.05) is 33.1 Å². The van der Waals surface area contributed by atoms with Gasteiger partial charge in [0.1, 0.15) is 0 Å². The number of ether oxygens (including phenoxy) is 1. The molecule has 0 bridgehead atoms. The molecule has 1 aromatic heterocycles. The van der Waals surface area contributed by atoms with Gasteiger partial charge in [-0.15, -0.1) is 0 Å². The molecule has 0 spiro atoms. The summed E-state index contributed by atoms with van der Waals surface area (Å²) in [4.78, 5) is 40.1. The molecule has 1 atom stereocenters. The molecule has 0 radical (unpaired) electrons. The Kier molecular flexibility index (Phi) is 7.91. The summed E-state index contributed by atoms with van der Waals surface area (Å²) >= 11 is 0. The molecular weight excluding hydrogens is 446 g/mol. The van der Waals surface area contributed by atoms with Crippen molar-refractivity contribution in [1.29, 1.82) is 0 Å². The third kappa shape index (κ3) is 5.62. The summed E-state index contributed by atoms with van der Waals surface area (Å²) in [6.07, 6.45) is 3.99. The molecule has 1 unspecified atom stereocenters. The van der Waals surface area contributed by atoms with Gasteiger partial charge in [0.25, 0.3) is 5.91 Å². The number of rotatable bonds is 8. The maximum Gasteiger partial charge on any atom is 0.339 e. The molecule has 1 saturated carbocycles. The van der Waals surface area contributed by atoms with Crippen LogP contribution in [0.4, 0.5) is 0 Å². The zero-order valence-corrected chi connectivity index (χ0v) is 20.0. The number of nitrogens with zero attached hydrogens (tertiary/aromatic N) is 1. The SMILES string of the molecule is CCN(CC)S(=O)(=O)c1ccc2[nH]c(=O)cc(C(=O)OC(C)C(=O)NC3CCCCC3)c2c1. The normalized spacial score (nSPS) is 16.0. The fourth-order valence-electron chi connectivity index (χ4n) is 4.12. The van der Waals surface area contributed by atoms with Gasteiger partial charge in [0.05, 0.1) is 10.5 Å². The Morgan fingerprint density at radius 3 is 2.45 bits per heavy atom. The van der Waals surface area contributed by atoms with E-state index in [0.29, 0.717) is 18.6 Å². The minimum absolute atomic E-state index is 0.00267. The van der Waals surface area contributed by atoms with Crippen LogP contribution in [0.2, 0.25) is 0 Å². The average Bonchev–Trinajstić information content (AvgIpc) is 2.79. The van der Waals surface area contributed by atoms with E-state index >= 15 is 0 Å². The number of aromatic nitrogens is 1. The van der Waals surface area contributed by atoms with E-state index in [-0.39, 0.29) is 21.9 Å². The molecule has 1 aliphatic carbocycles. The molecule has 2 aromatic rings. The fourth-order valence-corrected chi connectivity index (χ4v) is 5.60. The number of aromatic amines is 1. The van der Waals surface area contributed by atoms with Crippen LogP contribution in [-0.4, -0.2) is 54.8 Å². The Morgan fingerprint density at radius 1 is 1.15 bits per heavy atom. The highest BCUT2D eigenvalue weighted by molar-refractivity contribution is 7.89. The minimum Gasteiger partial charge on any atom is -0.449 e. The number of nitrogens with one attached hydrogen (secondary N) is 2. The van der Waals surface area contributed by atoms with Crippen LogP contribution in [0.25, 0.3) is 10.9 Å². The van der Waals surface area contributed by atoms with Crippen LogP contribution in [-0.2, 0) is 19.6 Å². The minimum atomic E-state index is -3.77. The van der Waals surface area contributed by atoms with Gasteiger partial charge >= 0.3 is 5.97 Å². The highest BCUT2D eigenvalue weighted by Gasteiger charge is 2.26. The second kappa shape index (κ2) is 10.5. The van der Waals surface area contributed by atoms with E-state index in [9.17, 15) is 22.8 Å². The van der Waals surface area contributed by atoms with Gasteiger partial charge in [-0.3, -0.25) is 9.59 Å². The third-order valence-corrected chi connectivity index (χ3v) is 8.03.